The van der Waals surface area contributed by atoms with Crippen LogP contribution in [0.2, 0.25) is 0 Å². The fraction of sp³-hybridized carbons (Fsp3) is 1.00. The maximum Gasteiger partial charge on any atom is 3.00 e. The molecule has 0 heterocycles. The summed E-state index contributed by atoms with van der Waals surface area (Å²) >= 11 is 0. The van der Waals surface area contributed by atoms with Crippen LogP contribution in [0.4, 0.5) is 0 Å². The average Bonchev–Trinajstić information content (AvgIpc) is 1.70. The van der Waals surface area contributed by atoms with Crippen molar-refractivity contribution >= 4 is 0 Å². The Morgan fingerprint density at radius 2 is 0.500 bits per heavy atom. The van der Waals surface area contributed by atoms with E-state index in [2.05, 4.69) is 16.0 Å². The molecule has 0 aliphatic rings. The third-order valence-electron chi connectivity index (χ3n) is 0. The molecule has 0 aromatic rings. The quantitative estimate of drug-likeness (QED) is 0.510. The van der Waals surface area contributed by atoms with Gasteiger partial charge >= 0.3 is 21.7 Å². The van der Waals surface area contributed by atoms with E-state index in [1.54, 1.807) is 42.3 Å². The first-order valence-corrected chi connectivity index (χ1v) is 2.68. The molecule has 0 aliphatic carbocycles. The van der Waals surface area contributed by atoms with Crippen LogP contribution in [-0.4, -0.2) is 42.3 Å². The monoisotopic (exact) mass is 180 g/mol. The fourth-order valence-corrected chi connectivity index (χ4v) is 0. The van der Waals surface area contributed by atoms with Crippen LogP contribution in [0, 0.1) is 0 Å². The van der Waals surface area contributed by atoms with E-state index in [1.165, 1.54) is 0 Å². The Hall–Kier alpha value is 0.594. The van der Waals surface area contributed by atoms with E-state index in [1.807, 2.05) is 0 Å². The zero-order chi connectivity index (χ0) is 8.12. The van der Waals surface area contributed by atoms with Crippen LogP contribution < -0.4 is 0 Å². The molecule has 0 aliphatic heterocycles. The van der Waals surface area contributed by atoms with Gasteiger partial charge in [0.25, 0.3) is 0 Å². The minimum absolute atomic E-state index is 0. The van der Waals surface area contributed by atoms with Gasteiger partial charge in [-0.3, -0.25) is 0 Å². The van der Waals surface area contributed by atoms with Gasteiger partial charge in [-0.15, -0.1) is 0 Å². The molecule has 0 aromatic heterocycles. The summed E-state index contributed by atoms with van der Waals surface area (Å²) in [5, 5.41) is 10.5. The Morgan fingerprint density at radius 1 is 0.500 bits per heavy atom. The molecule has 0 amide bonds. The Labute approximate surface area is 80.2 Å². The summed E-state index contributed by atoms with van der Waals surface area (Å²) in [6, 6.07) is 0. The van der Waals surface area contributed by atoms with Gasteiger partial charge in [-0.2, -0.15) is 42.3 Å². The fourth-order valence-electron chi connectivity index (χ4n) is 0. The topological polar surface area (TPSA) is 42.3 Å². The summed E-state index contributed by atoms with van der Waals surface area (Å²) in [6.45, 7) is 0. The molecule has 0 saturated heterocycles. The second-order valence-electron chi connectivity index (χ2n) is 1.34. The zero-order valence-electron chi connectivity index (χ0n) is 7.84. The van der Waals surface area contributed by atoms with Crippen molar-refractivity contribution in [3.63, 3.8) is 0 Å². The van der Waals surface area contributed by atoms with Crippen molar-refractivity contribution in [1.29, 1.82) is 0 Å². The molecule has 0 atom stereocenters. The molecule has 1 radical (unpaired) electrons. The molecule has 3 nitrogen and oxygen atoms in total. The van der Waals surface area contributed by atoms with E-state index in [0.717, 1.165) is 0 Å². The van der Waals surface area contributed by atoms with Crippen molar-refractivity contribution in [3.8, 4) is 0 Å². The van der Waals surface area contributed by atoms with E-state index in [4.69, 9.17) is 0 Å². The first-order chi connectivity index (χ1) is 4.24. The normalized spacial score (nSPS) is 5.40. The predicted octanol–water partition coefficient (Wildman–Crippen LogP) is 1.86. The summed E-state index contributed by atoms with van der Waals surface area (Å²) in [5.41, 5.74) is 0. The SMILES string of the molecule is C[N-]C.C[N-]C.C[N-]C.[Ti+3]. The van der Waals surface area contributed by atoms with Crippen LogP contribution in [0.5, 0.6) is 0 Å². The van der Waals surface area contributed by atoms with Gasteiger partial charge < -0.3 is 16.0 Å². The first-order valence-electron chi connectivity index (χ1n) is 2.68. The number of rotatable bonds is 0. The van der Waals surface area contributed by atoms with Gasteiger partial charge in [0.1, 0.15) is 0 Å². The van der Waals surface area contributed by atoms with Gasteiger partial charge in [0, 0.05) is 0 Å². The molecule has 0 aromatic carbocycles. The van der Waals surface area contributed by atoms with Gasteiger partial charge in [-0.1, -0.05) is 0 Å². The van der Waals surface area contributed by atoms with Crippen LogP contribution in [-0.2, 0) is 21.7 Å². The smallest absolute Gasteiger partial charge is 0.668 e. The third-order valence-corrected chi connectivity index (χ3v) is 0. The van der Waals surface area contributed by atoms with Crippen LogP contribution in [0.3, 0.4) is 0 Å². The average molecular weight is 180 g/mol. The predicted molar refractivity (Wildman–Crippen MR) is 45.6 cm³/mol. The Balaban J connectivity index is -0.0000000257. The molecular weight excluding hydrogens is 162 g/mol. The van der Waals surface area contributed by atoms with Crippen LogP contribution in [0.25, 0.3) is 16.0 Å². The minimum atomic E-state index is 0. The summed E-state index contributed by atoms with van der Waals surface area (Å²) < 4.78 is 0. The van der Waals surface area contributed by atoms with Crippen molar-refractivity contribution in [2.75, 3.05) is 42.3 Å². The molecular formula is C6H18N3Ti. The zero-order valence-corrected chi connectivity index (χ0v) is 9.40. The largest absolute Gasteiger partial charge is 3.00 e. The number of nitrogens with zero attached hydrogens (tertiary/aromatic N) is 3. The molecule has 10 heavy (non-hydrogen) atoms. The summed E-state index contributed by atoms with van der Waals surface area (Å²) in [7, 11) is 10.5. The number of hydrogen-bond donors (Lipinski definition) is 0. The second-order valence-corrected chi connectivity index (χ2v) is 1.34. The van der Waals surface area contributed by atoms with Crippen molar-refractivity contribution in [1.82, 2.24) is 0 Å². The van der Waals surface area contributed by atoms with Crippen molar-refractivity contribution in [3.05, 3.63) is 16.0 Å². The summed E-state index contributed by atoms with van der Waals surface area (Å²) in [5.74, 6) is 0. The molecule has 0 N–H and O–H groups in total. The molecule has 61 valence electrons. The van der Waals surface area contributed by atoms with Gasteiger partial charge in [0.05, 0.1) is 0 Å². The van der Waals surface area contributed by atoms with E-state index in [-0.39, 0.29) is 21.7 Å². The van der Waals surface area contributed by atoms with E-state index >= 15 is 0 Å². The van der Waals surface area contributed by atoms with Crippen molar-refractivity contribution in [2.45, 2.75) is 0 Å². The maximum absolute atomic E-state index is 3.50. The van der Waals surface area contributed by atoms with Crippen molar-refractivity contribution in [2.24, 2.45) is 0 Å². The van der Waals surface area contributed by atoms with Crippen molar-refractivity contribution < 1.29 is 21.7 Å². The van der Waals surface area contributed by atoms with Gasteiger partial charge in [-0.05, 0) is 0 Å². The number of hydrogen-bond acceptors (Lipinski definition) is 0. The molecule has 0 unspecified atom stereocenters. The first kappa shape index (κ1) is 22.4. The summed E-state index contributed by atoms with van der Waals surface area (Å²) in [6.07, 6.45) is 0. The Kier molecular flexibility index (Phi) is 123. The van der Waals surface area contributed by atoms with Gasteiger partial charge in [-0.25, -0.2) is 0 Å². The van der Waals surface area contributed by atoms with E-state index < -0.39 is 0 Å². The molecule has 0 fully saturated rings. The van der Waals surface area contributed by atoms with E-state index in [9.17, 15) is 0 Å². The molecule has 0 spiro atoms. The van der Waals surface area contributed by atoms with Crippen LogP contribution in [0.15, 0.2) is 0 Å². The standard InChI is InChI=1S/3C2H6N.Ti/c3*1-3-2;/h3*1-2H3;/q3*-1;+3. The minimum Gasteiger partial charge on any atom is -0.668 e. The molecule has 4 heteroatoms. The van der Waals surface area contributed by atoms with Crippen LogP contribution in [0.1, 0.15) is 0 Å². The maximum atomic E-state index is 3.50. The second kappa shape index (κ2) is 54.9. The molecule has 0 saturated carbocycles. The van der Waals surface area contributed by atoms with Gasteiger partial charge in [0.2, 0.25) is 0 Å². The summed E-state index contributed by atoms with van der Waals surface area (Å²) in [4.78, 5) is 0. The van der Waals surface area contributed by atoms with Crippen LogP contribution >= 0.6 is 0 Å². The Bertz CT molecular complexity index is 17.7. The molecule has 0 rings (SSSR count). The third kappa shape index (κ3) is 1400. The Morgan fingerprint density at radius 3 is 0.500 bits per heavy atom. The molecule has 0 bridgehead atoms. The van der Waals surface area contributed by atoms with Gasteiger partial charge in [0.15, 0.2) is 0 Å². The van der Waals surface area contributed by atoms with E-state index in [0.29, 0.717) is 0 Å².